The average molecular weight is 218 g/mol. The molecule has 1 nitrogen and oxygen atoms in total. The lowest BCUT2D eigenvalue weighted by atomic mass is 9.84. The molecule has 1 aromatic carbocycles. The summed E-state index contributed by atoms with van der Waals surface area (Å²) in [6.07, 6.45) is 7.39. The molecule has 0 aromatic heterocycles. The van der Waals surface area contributed by atoms with Crippen molar-refractivity contribution >= 4 is 0 Å². The van der Waals surface area contributed by atoms with Crippen LogP contribution in [0.1, 0.15) is 55.8 Å². The molecule has 0 amide bonds. The van der Waals surface area contributed by atoms with E-state index in [1.165, 1.54) is 37.7 Å². The van der Waals surface area contributed by atoms with Gasteiger partial charge in [0.2, 0.25) is 0 Å². The highest BCUT2D eigenvalue weighted by atomic mass is 16.3. The third-order valence-electron chi connectivity index (χ3n) is 3.71. The molecular formula is C15H22O. The monoisotopic (exact) mass is 218 g/mol. The molecule has 0 heterocycles. The van der Waals surface area contributed by atoms with Gasteiger partial charge in [0.15, 0.2) is 0 Å². The summed E-state index contributed by atoms with van der Waals surface area (Å²) >= 11 is 0. The summed E-state index contributed by atoms with van der Waals surface area (Å²) in [7, 11) is 0. The Morgan fingerprint density at radius 2 is 2.00 bits per heavy atom. The van der Waals surface area contributed by atoms with Gasteiger partial charge in [-0.1, -0.05) is 61.9 Å². The van der Waals surface area contributed by atoms with Gasteiger partial charge in [0.05, 0.1) is 6.10 Å². The lowest BCUT2D eigenvalue weighted by Gasteiger charge is -2.24. The lowest BCUT2D eigenvalue weighted by molar-refractivity contribution is 0.131. The van der Waals surface area contributed by atoms with E-state index < -0.39 is 0 Å². The van der Waals surface area contributed by atoms with Crippen molar-refractivity contribution in [3.8, 4) is 0 Å². The van der Waals surface area contributed by atoms with Gasteiger partial charge in [-0.05, 0) is 24.8 Å². The second-order valence-electron chi connectivity index (χ2n) is 5.17. The molecular weight excluding hydrogens is 196 g/mol. The third-order valence-corrected chi connectivity index (χ3v) is 3.71. The van der Waals surface area contributed by atoms with Gasteiger partial charge in [-0.15, -0.1) is 0 Å². The van der Waals surface area contributed by atoms with Crippen molar-refractivity contribution in [2.75, 3.05) is 0 Å². The molecule has 0 saturated heterocycles. The van der Waals surface area contributed by atoms with E-state index in [9.17, 15) is 5.11 Å². The molecule has 16 heavy (non-hydrogen) atoms. The first kappa shape index (κ1) is 11.7. The molecule has 1 fully saturated rings. The minimum Gasteiger partial charge on any atom is -0.388 e. The zero-order valence-electron chi connectivity index (χ0n) is 10.2. The van der Waals surface area contributed by atoms with E-state index in [4.69, 9.17) is 0 Å². The summed E-state index contributed by atoms with van der Waals surface area (Å²) in [4.78, 5) is 0. The number of aliphatic hydroxyl groups is 1. The summed E-state index contributed by atoms with van der Waals surface area (Å²) < 4.78 is 0. The van der Waals surface area contributed by atoms with E-state index in [0.29, 0.717) is 0 Å². The number of aliphatic hydroxyl groups excluding tert-OH is 1. The molecule has 1 heteroatoms. The van der Waals surface area contributed by atoms with Crippen molar-refractivity contribution in [1.29, 1.82) is 0 Å². The van der Waals surface area contributed by atoms with E-state index >= 15 is 0 Å². The predicted octanol–water partition coefficient (Wildman–Crippen LogP) is 4.00. The Morgan fingerprint density at radius 1 is 1.25 bits per heavy atom. The highest BCUT2D eigenvalue weighted by molar-refractivity contribution is 5.24. The summed E-state index contributed by atoms with van der Waals surface area (Å²) in [6.45, 7) is 2.08. The average Bonchev–Trinajstić information content (AvgIpc) is 2.30. The highest BCUT2D eigenvalue weighted by Gasteiger charge is 2.18. The molecule has 0 aliphatic heterocycles. The first-order valence-electron chi connectivity index (χ1n) is 6.50. The Balaban J connectivity index is 1.94. The predicted molar refractivity (Wildman–Crippen MR) is 67.3 cm³/mol. The van der Waals surface area contributed by atoms with Gasteiger partial charge in [-0.3, -0.25) is 0 Å². The lowest BCUT2D eigenvalue weighted by Crippen LogP contribution is -2.11. The van der Waals surface area contributed by atoms with Gasteiger partial charge in [-0.25, -0.2) is 0 Å². The normalized spacial score (nSPS) is 19.6. The van der Waals surface area contributed by atoms with E-state index in [-0.39, 0.29) is 6.10 Å². The van der Waals surface area contributed by atoms with Crippen molar-refractivity contribution in [3.63, 3.8) is 0 Å². The standard InChI is InChI=1S/C15H22O/c1-12-6-5-9-14(10-12)15(16)11-13-7-3-2-4-8-13/h5-6,9-10,13,15-16H,2-4,7-8,11H2,1H3. The van der Waals surface area contributed by atoms with Crippen LogP contribution in [0.2, 0.25) is 0 Å². The van der Waals surface area contributed by atoms with Gasteiger partial charge in [-0.2, -0.15) is 0 Å². The van der Waals surface area contributed by atoms with E-state index in [1.807, 2.05) is 12.1 Å². The van der Waals surface area contributed by atoms with Crippen molar-refractivity contribution in [2.45, 2.75) is 51.6 Å². The molecule has 1 saturated carbocycles. The Morgan fingerprint density at radius 3 is 2.69 bits per heavy atom. The number of aryl methyl sites for hydroxylation is 1. The zero-order valence-corrected chi connectivity index (χ0v) is 10.2. The van der Waals surface area contributed by atoms with Gasteiger partial charge >= 0.3 is 0 Å². The molecule has 0 spiro atoms. The second-order valence-corrected chi connectivity index (χ2v) is 5.17. The third kappa shape index (κ3) is 3.08. The Hall–Kier alpha value is -0.820. The summed E-state index contributed by atoms with van der Waals surface area (Å²) in [5.74, 6) is 0.740. The molecule has 88 valence electrons. The summed E-state index contributed by atoms with van der Waals surface area (Å²) in [5.41, 5.74) is 2.32. The van der Waals surface area contributed by atoms with Crippen LogP contribution in [-0.4, -0.2) is 5.11 Å². The van der Waals surface area contributed by atoms with Gasteiger partial charge in [0.1, 0.15) is 0 Å². The van der Waals surface area contributed by atoms with Crippen LogP contribution in [0, 0.1) is 12.8 Å². The minimum atomic E-state index is -0.261. The Bertz CT molecular complexity index is 326. The SMILES string of the molecule is Cc1cccc(C(O)CC2CCCCC2)c1. The van der Waals surface area contributed by atoms with Crippen LogP contribution in [0.25, 0.3) is 0 Å². The van der Waals surface area contributed by atoms with Gasteiger partial charge < -0.3 is 5.11 Å². The number of benzene rings is 1. The first-order valence-corrected chi connectivity index (χ1v) is 6.50. The smallest absolute Gasteiger partial charge is 0.0792 e. The molecule has 2 rings (SSSR count). The number of rotatable bonds is 3. The highest BCUT2D eigenvalue weighted by Crippen LogP contribution is 2.31. The van der Waals surface area contributed by atoms with Crippen LogP contribution in [0.5, 0.6) is 0 Å². The second kappa shape index (κ2) is 5.49. The van der Waals surface area contributed by atoms with E-state index in [1.54, 1.807) is 0 Å². The molecule has 0 radical (unpaired) electrons. The topological polar surface area (TPSA) is 20.2 Å². The molecule has 1 unspecified atom stereocenters. The van der Waals surface area contributed by atoms with Crippen LogP contribution < -0.4 is 0 Å². The Labute approximate surface area is 98.5 Å². The van der Waals surface area contributed by atoms with Gasteiger partial charge in [0, 0.05) is 0 Å². The fraction of sp³-hybridized carbons (Fsp3) is 0.600. The molecule has 1 aromatic rings. The van der Waals surface area contributed by atoms with Crippen molar-refractivity contribution in [2.24, 2.45) is 5.92 Å². The van der Waals surface area contributed by atoms with Crippen molar-refractivity contribution in [1.82, 2.24) is 0 Å². The fourth-order valence-corrected chi connectivity index (χ4v) is 2.75. The van der Waals surface area contributed by atoms with Crippen LogP contribution in [0.15, 0.2) is 24.3 Å². The minimum absolute atomic E-state index is 0.261. The largest absolute Gasteiger partial charge is 0.388 e. The number of hydrogen-bond donors (Lipinski definition) is 1. The maximum absolute atomic E-state index is 10.2. The van der Waals surface area contributed by atoms with Crippen molar-refractivity contribution < 1.29 is 5.11 Å². The van der Waals surface area contributed by atoms with Crippen LogP contribution in [0.3, 0.4) is 0 Å². The van der Waals surface area contributed by atoms with E-state index in [0.717, 1.165) is 17.9 Å². The molecule has 1 atom stereocenters. The number of hydrogen-bond acceptors (Lipinski definition) is 1. The van der Waals surface area contributed by atoms with Gasteiger partial charge in [0.25, 0.3) is 0 Å². The maximum Gasteiger partial charge on any atom is 0.0792 e. The Kier molecular flexibility index (Phi) is 4.00. The quantitative estimate of drug-likeness (QED) is 0.813. The molecule has 0 bridgehead atoms. The maximum atomic E-state index is 10.2. The first-order chi connectivity index (χ1) is 7.75. The van der Waals surface area contributed by atoms with E-state index in [2.05, 4.69) is 19.1 Å². The van der Waals surface area contributed by atoms with Crippen molar-refractivity contribution in [3.05, 3.63) is 35.4 Å². The summed E-state index contributed by atoms with van der Waals surface area (Å²) in [5, 5.41) is 10.2. The van der Waals surface area contributed by atoms with Crippen LogP contribution >= 0.6 is 0 Å². The van der Waals surface area contributed by atoms with Crippen LogP contribution in [0.4, 0.5) is 0 Å². The zero-order chi connectivity index (χ0) is 11.4. The molecule has 1 N–H and O–H groups in total. The molecule has 1 aliphatic rings. The van der Waals surface area contributed by atoms with Crippen LogP contribution in [-0.2, 0) is 0 Å². The fourth-order valence-electron chi connectivity index (χ4n) is 2.75. The molecule has 1 aliphatic carbocycles. The summed E-state index contributed by atoms with van der Waals surface area (Å²) in [6, 6.07) is 8.26.